The van der Waals surface area contributed by atoms with Gasteiger partial charge in [-0.2, -0.15) is 0 Å². The van der Waals surface area contributed by atoms with Crippen LogP contribution >= 0.6 is 27.5 Å². The summed E-state index contributed by atoms with van der Waals surface area (Å²) in [5, 5.41) is 2.94. The molecule has 26 heavy (non-hydrogen) atoms. The summed E-state index contributed by atoms with van der Waals surface area (Å²) in [5.41, 5.74) is 5.13. The molecule has 7 nitrogen and oxygen atoms in total. The number of hydrazine groups is 1. The lowest BCUT2D eigenvalue weighted by atomic mass is 10.1. The minimum atomic E-state index is -0.584. The number of urea groups is 1. The molecule has 140 valence electrons. The fourth-order valence-electron chi connectivity index (χ4n) is 2.97. The van der Waals surface area contributed by atoms with Crippen molar-refractivity contribution in [2.75, 3.05) is 18.4 Å². The molecule has 3 rings (SSSR count). The van der Waals surface area contributed by atoms with E-state index in [4.69, 9.17) is 11.6 Å². The van der Waals surface area contributed by atoms with Gasteiger partial charge in [-0.25, -0.2) is 10.2 Å². The van der Waals surface area contributed by atoms with Crippen LogP contribution in [-0.2, 0) is 9.59 Å². The number of hydrogen-bond acceptors (Lipinski definition) is 3. The van der Waals surface area contributed by atoms with Crippen molar-refractivity contribution >= 4 is 51.1 Å². The monoisotopic (exact) mass is 442 g/mol. The zero-order valence-electron chi connectivity index (χ0n) is 14.1. The molecular weight excluding hydrogens is 424 g/mol. The van der Waals surface area contributed by atoms with Crippen molar-refractivity contribution in [2.45, 2.75) is 25.7 Å². The number of carbonyl (C=O) groups is 3. The standard InChI is InChI=1S/C17H20BrClN4O3/c18-12-3-4-14(13(19)8-12)20-17(26)22-21-15(24)7-10-5-6-23(9-10)16(25)11-1-2-11/h3-4,8,10-11H,1-2,5-7,9H2,(H,21,24)(H2,20,22,26)/t10-/m0/s1. The van der Waals surface area contributed by atoms with E-state index < -0.39 is 6.03 Å². The molecule has 9 heteroatoms. The lowest BCUT2D eigenvalue weighted by Crippen LogP contribution is -2.44. The summed E-state index contributed by atoms with van der Waals surface area (Å²) in [6, 6.07) is 4.47. The molecule has 1 aliphatic carbocycles. The zero-order valence-corrected chi connectivity index (χ0v) is 16.4. The lowest BCUT2D eigenvalue weighted by Gasteiger charge is -2.16. The van der Waals surface area contributed by atoms with E-state index in [9.17, 15) is 14.4 Å². The Morgan fingerprint density at radius 3 is 2.65 bits per heavy atom. The van der Waals surface area contributed by atoms with E-state index in [1.807, 2.05) is 4.90 Å². The fourth-order valence-corrected chi connectivity index (χ4v) is 3.69. The number of carbonyl (C=O) groups excluding carboxylic acids is 3. The van der Waals surface area contributed by atoms with Gasteiger partial charge in [0.2, 0.25) is 11.8 Å². The van der Waals surface area contributed by atoms with Crippen LogP contribution in [0.1, 0.15) is 25.7 Å². The number of halogens is 2. The molecule has 2 aliphatic rings. The lowest BCUT2D eigenvalue weighted by molar-refractivity contribution is -0.132. The SMILES string of the molecule is O=C(C[C@@H]1CCN(C(=O)C2CC2)C1)NNC(=O)Nc1ccc(Br)cc1Cl. The summed E-state index contributed by atoms with van der Waals surface area (Å²) in [7, 11) is 0. The molecule has 1 aromatic carbocycles. The van der Waals surface area contributed by atoms with Crippen LogP contribution in [0, 0.1) is 11.8 Å². The highest BCUT2D eigenvalue weighted by Gasteiger charge is 2.36. The van der Waals surface area contributed by atoms with Gasteiger partial charge in [-0.05, 0) is 43.4 Å². The molecule has 1 aliphatic heterocycles. The fraction of sp³-hybridized carbons (Fsp3) is 0.471. The zero-order chi connectivity index (χ0) is 18.7. The van der Waals surface area contributed by atoms with Crippen LogP contribution in [0.15, 0.2) is 22.7 Å². The molecular formula is C17H20BrClN4O3. The summed E-state index contributed by atoms with van der Waals surface area (Å²) in [4.78, 5) is 37.7. The summed E-state index contributed by atoms with van der Waals surface area (Å²) in [5.74, 6) is 0.270. The molecule has 1 saturated carbocycles. The predicted molar refractivity (Wildman–Crippen MR) is 101 cm³/mol. The summed E-state index contributed by atoms with van der Waals surface area (Å²) < 4.78 is 0.799. The number of hydrogen-bond donors (Lipinski definition) is 3. The van der Waals surface area contributed by atoms with Crippen LogP contribution in [0.4, 0.5) is 10.5 Å². The van der Waals surface area contributed by atoms with Crippen LogP contribution in [0.2, 0.25) is 5.02 Å². The number of likely N-dealkylation sites (tertiary alicyclic amines) is 1. The first-order chi connectivity index (χ1) is 12.4. The quantitative estimate of drug-likeness (QED) is 0.625. The highest BCUT2D eigenvalue weighted by Crippen LogP contribution is 2.33. The Labute approximate surface area is 164 Å². The van der Waals surface area contributed by atoms with E-state index >= 15 is 0 Å². The van der Waals surface area contributed by atoms with Gasteiger partial charge < -0.3 is 10.2 Å². The van der Waals surface area contributed by atoms with Gasteiger partial charge in [0, 0.05) is 29.9 Å². The van der Waals surface area contributed by atoms with Gasteiger partial charge in [-0.3, -0.25) is 15.0 Å². The van der Waals surface area contributed by atoms with Gasteiger partial charge >= 0.3 is 6.03 Å². The normalized spacial score (nSPS) is 19.2. The first-order valence-electron chi connectivity index (χ1n) is 8.52. The van der Waals surface area contributed by atoms with Gasteiger partial charge in [0.15, 0.2) is 0 Å². The van der Waals surface area contributed by atoms with E-state index in [1.54, 1.807) is 18.2 Å². The van der Waals surface area contributed by atoms with Gasteiger partial charge in [0.05, 0.1) is 10.7 Å². The topological polar surface area (TPSA) is 90.5 Å². The summed E-state index contributed by atoms with van der Waals surface area (Å²) >= 11 is 9.31. The minimum absolute atomic E-state index is 0.128. The number of rotatable bonds is 4. The summed E-state index contributed by atoms with van der Waals surface area (Å²) in [6.45, 7) is 1.33. The highest BCUT2D eigenvalue weighted by atomic mass is 79.9. The Morgan fingerprint density at radius 1 is 1.19 bits per heavy atom. The van der Waals surface area contributed by atoms with E-state index in [0.717, 1.165) is 23.7 Å². The Bertz CT molecular complexity index is 726. The van der Waals surface area contributed by atoms with E-state index in [1.165, 1.54) is 0 Å². The third-order valence-electron chi connectivity index (χ3n) is 4.49. The van der Waals surface area contributed by atoms with Crippen molar-refractivity contribution < 1.29 is 14.4 Å². The molecule has 1 saturated heterocycles. The Morgan fingerprint density at radius 2 is 1.96 bits per heavy atom. The first kappa shape index (κ1) is 19.0. The molecule has 1 atom stereocenters. The second-order valence-electron chi connectivity index (χ2n) is 6.67. The molecule has 0 radical (unpaired) electrons. The highest BCUT2D eigenvalue weighted by molar-refractivity contribution is 9.10. The van der Waals surface area contributed by atoms with E-state index in [2.05, 4.69) is 32.1 Å². The van der Waals surface area contributed by atoms with Gasteiger partial charge in [-0.1, -0.05) is 27.5 Å². The molecule has 1 aromatic rings. The second kappa shape index (κ2) is 8.26. The van der Waals surface area contributed by atoms with Crippen molar-refractivity contribution in [1.29, 1.82) is 0 Å². The first-order valence-corrected chi connectivity index (χ1v) is 9.69. The van der Waals surface area contributed by atoms with Gasteiger partial charge in [-0.15, -0.1) is 0 Å². The van der Waals surface area contributed by atoms with Crippen LogP contribution in [0.3, 0.4) is 0 Å². The van der Waals surface area contributed by atoms with Crippen molar-refractivity contribution in [2.24, 2.45) is 11.8 Å². The van der Waals surface area contributed by atoms with E-state index in [0.29, 0.717) is 23.8 Å². The van der Waals surface area contributed by atoms with Crippen molar-refractivity contribution in [3.63, 3.8) is 0 Å². The van der Waals surface area contributed by atoms with Gasteiger partial charge in [0.25, 0.3) is 0 Å². The molecule has 2 fully saturated rings. The molecule has 0 aromatic heterocycles. The number of amides is 4. The Hall–Kier alpha value is -1.80. The largest absolute Gasteiger partial charge is 0.342 e. The molecule has 0 unspecified atom stereocenters. The Balaban J connectivity index is 1.38. The Kier molecular flexibility index (Phi) is 6.03. The smallest absolute Gasteiger partial charge is 0.337 e. The maximum atomic E-state index is 12.0. The molecule has 1 heterocycles. The molecule has 3 N–H and O–H groups in total. The van der Waals surface area contributed by atoms with Crippen LogP contribution in [-0.4, -0.2) is 35.8 Å². The molecule has 0 spiro atoms. The van der Waals surface area contributed by atoms with Crippen molar-refractivity contribution in [3.05, 3.63) is 27.7 Å². The average molecular weight is 444 g/mol. The third kappa shape index (κ3) is 5.11. The third-order valence-corrected chi connectivity index (χ3v) is 5.30. The number of benzene rings is 1. The van der Waals surface area contributed by atoms with Crippen LogP contribution < -0.4 is 16.2 Å². The van der Waals surface area contributed by atoms with Crippen molar-refractivity contribution in [1.82, 2.24) is 15.8 Å². The van der Waals surface area contributed by atoms with Gasteiger partial charge in [0.1, 0.15) is 0 Å². The second-order valence-corrected chi connectivity index (χ2v) is 7.99. The number of anilines is 1. The summed E-state index contributed by atoms with van der Waals surface area (Å²) in [6.07, 6.45) is 3.06. The minimum Gasteiger partial charge on any atom is -0.342 e. The predicted octanol–water partition coefficient (Wildman–Crippen LogP) is 2.90. The maximum absolute atomic E-state index is 12.0. The average Bonchev–Trinajstić information content (AvgIpc) is 3.34. The van der Waals surface area contributed by atoms with Crippen LogP contribution in [0.5, 0.6) is 0 Å². The van der Waals surface area contributed by atoms with Crippen molar-refractivity contribution in [3.8, 4) is 0 Å². The number of nitrogens with zero attached hydrogens (tertiary/aromatic N) is 1. The maximum Gasteiger partial charge on any atom is 0.337 e. The molecule has 0 bridgehead atoms. The molecule has 4 amide bonds. The van der Waals surface area contributed by atoms with Crippen LogP contribution in [0.25, 0.3) is 0 Å². The van der Waals surface area contributed by atoms with E-state index in [-0.39, 0.29) is 30.1 Å². The number of nitrogens with one attached hydrogen (secondary N) is 3.